The molecule has 82 valence electrons. The van der Waals surface area contributed by atoms with Crippen LogP contribution >= 0.6 is 11.6 Å². The quantitative estimate of drug-likeness (QED) is 0.795. The number of hydrogen-bond donors (Lipinski definition) is 0. The lowest BCUT2D eigenvalue weighted by Crippen LogP contribution is -1.86. The Morgan fingerprint density at radius 2 is 1.50 bits per heavy atom. The minimum absolute atomic E-state index is 0.596. The van der Waals surface area contributed by atoms with Crippen LogP contribution in [0.2, 0.25) is 5.02 Å². The third kappa shape index (κ3) is 2.47. The molecule has 0 radical (unpaired) electrons. The van der Waals surface area contributed by atoms with Gasteiger partial charge in [-0.25, -0.2) is 0 Å². The number of methoxy groups -OCH3 is 1. The van der Waals surface area contributed by atoms with Gasteiger partial charge in [-0.3, -0.25) is 0 Å². The number of hydrogen-bond acceptors (Lipinski definition) is 2. The first kappa shape index (κ1) is 10.8. The van der Waals surface area contributed by atoms with Crippen LogP contribution in [0.25, 0.3) is 0 Å². The van der Waals surface area contributed by atoms with Gasteiger partial charge in [0.25, 0.3) is 0 Å². The maximum absolute atomic E-state index is 5.98. The second kappa shape index (κ2) is 4.90. The van der Waals surface area contributed by atoms with E-state index in [9.17, 15) is 0 Å². The smallest absolute Gasteiger partial charge is 0.146 e. The highest BCUT2D eigenvalue weighted by Crippen LogP contribution is 2.29. The van der Waals surface area contributed by atoms with Crippen LogP contribution in [0, 0.1) is 0 Å². The monoisotopic (exact) mass is 234 g/mol. The van der Waals surface area contributed by atoms with Gasteiger partial charge >= 0.3 is 0 Å². The van der Waals surface area contributed by atoms with E-state index in [1.807, 2.05) is 42.5 Å². The van der Waals surface area contributed by atoms with Crippen molar-refractivity contribution in [2.24, 2.45) is 0 Å². The standard InChI is InChI=1S/C13H11ClO2/c1-15-10-6-8-11(9-7-10)16-13-5-3-2-4-12(13)14/h2-9H,1H3. The van der Waals surface area contributed by atoms with Gasteiger partial charge < -0.3 is 9.47 Å². The van der Waals surface area contributed by atoms with Crippen LogP contribution in [0.15, 0.2) is 48.5 Å². The van der Waals surface area contributed by atoms with E-state index in [1.165, 1.54) is 0 Å². The van der Waals surface area contributed by atoms with Crippen molar-refractivity contribution in [2.45, 2.75) is 0 Å². The zero-order valence-electron chi connectivity index (χ0n) is 8.81. The van der Waals surface area contributed by atoms with Gasteiger partial charge in [0.15, 0.2) is 0 Å². The van der Waals surface area contributed by atoms with Crippen molar-refractivity contribution in [1.29, 1.82) is 0 Å². The molecule has 3 heteroatoms. The molecule has 0 aromatic heterocycles. The Morgan fingerprint density at radius 1 is 0.875 bits per heavy atom. The molecule has 0 unspecified atom stereocenters. The zero-order valence-corrected chi connectivity index (χ0v) is 9.57. The van der Waals surface area contributed by atoms with Crippen molar-refractivity contribution < 1.29 is 9.47 Å². The highest BCUT2D eigenvalue weighted by Gasteiger charge is 2.01. The maximum Gasteiger partial charge on any atom is 0.146 e. The highest BCUT2D eigenvalue weighted by molar-refractivity contribution is 6.32. The average Bonchev–Trinajstić information content (AvgIpc) is 2.33. The van der Waals surface area contributed by atoms with Crippen molar-refractivity contribution in [3.05, 3.63) is 53.6 Å². The second-order valence-electron chi connectivity index (χ2n) is 3.21. The SMILES string of the molecule is COc1ccc(Oc2ccccc2Cl)cc1. The molecular formula is C13H11ClO2. The number of benzene rings is 2. The lowest BCUT2D eigenvalue weighted by molar-refractivity contribution is 0.413. The molecule has 0 aliphatic carbocycles. The first-order valence-electron chi connectivity index (χ1n) is 4.86. The van der Waals surface area contributed by atoms with Crippen LogP contribution < -0.4 is 9.47 Å². The summed E-state index contributed by atoms with van der Waals surface area (Å²) in [6.45, 7) is 0. The number of para-hydroxylation sites is 1. The van der Waals surface area contributed by atoms with Crippen LogP contribution in [0.4, 0.5) is 0 Å². The Morgan fingerprint density at radius 3 is 2.12 bits per heavy atom. The van der Waals surface area contributed by atoms with E-state index in [4.69, 9.17) is 21.1 Å². The first-order valence-corrected chi connectivity index (χ1v) is 5.24. The van der Waals surface area contributed by atoms with Crippen LogP contribution in [-0.4, -0.2) is 7.11 Å². The fraction of sp³-hybridized carbons (Fsp3) is 0.0769. The molecule has 0 spiro atoms. The minimum atomic E-state index is 0.596. The molecule has 2 rings (SSSR count). The predicted molar refractivity (Wildman–Crippen MR) is 64.5 cm³/mol. The van der Waals surface area contributed by atoms with Gasteiger partial charge in [-0.1, -0.05) is 23.7 Å². The van der Waals surface area contributed by atoms with E-state index in [0.717, 1.165) is 11.5 Å². The Labute approximate surface area is 99.4 Å². The number of rotatable bonds is 3. The van der Waals surface area contributed by atoms with E-state index in [2.05, 4.69) is 0 Å². The molecule has 2 aromatic rings. The Hall–Kier alpha value is -1.67. The Kier molecular flexibility index (Phi) is 3.32. The van der Waals surface area contributed by atoms with Crippen molar-refractivity contribution in [3.8, 4) is 17.2 Å². The van der Waals surface area contributed by atoms with Gasteiger partial charge in [-0.05, 0) is 36.4 Å². The molecule has 0 heterocycles. The van der Waals surface area contributed by atoms with E-state index in [1.54, 1.807) is 13.2 Å². The summed E-state index contributed by atoms with van der Waals surface area (Å²) in [5, 5.41) is 0.596. The van der Waals surface area contributed by atoms with E-state index in [0.29, 0.717) is 10.8 Å². The molecule has 0 fully saturated rings. The predicted octanol–water partition coefficient (Wildman–Crippen LogP) is 4.14. The maximum atomic E-state index is 5.98. The summed E-state index contributed by atoms with van der Waals surface area (Å²) in [5.41, 5.74) is 0. The van der Waals surface area contributed by atoms with Gasteiger partial charge in [0.1, 0.15) is 17.2 Å². The Balaban J connectivity index is 2.18. The third-order valence-electron chi connectivity index (χ3n) is 2.12. The molecule has 2 aromatic carbocycles. The number of halogens is 1. The van der Waals surface area contributed by atoms with Crippen LogP contribution in [0.1, 0.15) is 0 Å². The van der Waals surface area contributed by atoms with Gasteiger partial charge in [-0.15, -0.1) is 0 Å². The normalized spacial score (nSPS) is 9.88. The summed E-state index contributed by atoms with van der Waals surface area (Å²) in [6.07, 6.45) is 0. The summed E-state index contributed by atoms with van der Waals surface area (Å²) in [7, 11) is 1.63. The summed E-state index contributed by atoms with van der Waals surface area (Å²) >= 11 is 5.98. The summed E-state index contributed by atoms with van der Waals surface area (Å²) in [5.74, 6) is 2.18. The number of ether oxygens (including phenoxy) is 2. The molecular weight excluding hydrogens is 224 g/mol. The van der Waals surface area contributed by atoms with Gasteiger partial charge in [-0.2, -0.15) is 0 Å². The van der Waals surface area contributed by atoms with Crippen molar-refractivity contribution in [1.82, 2.24) is 0 Å². The summed E-state index contributed by atoms with van der Waals surface area (Å²) in [6, 6.07) is 14.7. The van der Waals surface area contributed by atoms with Crippen LogP contribution in [0.3, 0.4) is 0 Å². The molecule has 2 nitrogen and oxygen atoms in total. The van der Waals surface area contributed by atoms with Crippen LogP contribution in [-0.2, 0) is 0 Å². The largest absolute Gasteiger partial charge is 0.497 e. The fourth-order valence-electron chi connectivity index (χ4n) is 1.30. The topological polar surface area (TPSA) is 18.5 Å². The lowest BCUT2D eigenvalue weighted by Gasteiger charge is -2.07. The third-order valence-corrected chi connectivity index (χ3v) is 2.44. The van der Waals surface area contributed by atoms with Gasteiger partial charge in [0.2, 0.25) is 0 Å². The molecule has 16 heavy (non-hydrogen) atoms. The van der Waals surface area contributed by atoms with Crippen LogP contribution in [0.5, 0.6) is 17.2 Å². The minimum Gasteiger partial charge on any atom is -0.497 e. The second-order valence-corrected chi connectivity index (χ2v) is 3.62. The molecule has 0 saturated carbocycles. The fourth-order valence-corrected chi connectivity index (χ4v) is 1.47. The summed E-state index contributed by atoms with van der Waals surface area (Å²) < 4.78 is 10.7. The molecule has 0 saturated heterocycles. The lowest BCUT2D eigenvalue weighted by atomic mass is 10.3. The van der Waals surface area contributed by atoms with Crippen molar-refractivity contribution in [3.63, 3.8) is 0 Å². The van der Waals surface area contributed by atoms with E-state index < -0.39 is 0 Å². The summed E-state index contributed by atoms with van der Waals surface area (Å²) in [4.78, 5) is 0. The molecule has 0 amide bonds. The van der Waals surface area contributed by atoms with E-state index in [-0.39, 0.29) is 0 Å². The van der Waals surface area contributed by atoms with Crippen molar-refractivity contribution in [2.75, 3.05) is 7.11 Å². The van der Waals surface area contributed by atoms with Gasteiger partial charge in [0.05, 0.1) is 12.1 Å². The zero-order chi connectivity index (χ0) is 11.4. The first-order chi connectivity index (χ1) is 7.79. The molecule has 0 bridgehead atoms. The molecule has 0 atom stereocenters. The highest BCUT2D eigenvalue weighted by atomic mass is 35.5. The molecule has 0 N–H and O–H groups in total. The molecule has 0 aliphatic rings. The van der Waals surface area contributed by atoms with E-state index >= 15 is 0 Å². The molecule has 0 aliphatic heterocycles. The average molecular weight is 235 g/mol. The van der Waals surface area contributed by atoms with Crippen molar-refractivity contribution >= 4 is 11.6 Å². The van der Waals surface area contributed by atoms with Gasteiger partial charge in [0, 0.05) is 0 Å². The Bertz CT molecular complexity index is 466.